The number of rotatable bonds is 2. The van der Waals surface area contributed by atoms with Gasteiger partial charge in [0.1, 0.15) is 5.69 Å². The van der Waals surface area contributed by atoms with E-state index in [9.17, 15) is 26.7 Å². The summed E-state index contributed by atoms with van der Waals surface area (Å²) in [6.45, 7) is 0. The number of esters is 1. The number of benzene rings is 1. The maximum atomic E-state index is 13.9. The highest BCUT2D eigenvalue weighted by atomic mass is 35.5. The average molecular weight is 352 g/mol. The maximum absolute atomic E-state index is 13.9. The van der Waals surface area contributed by atoms with Crippen LogP contribution in [0.5, 0.6) is 0 Å². The summed E-state index contributed by atoms with van der Waals surface area (Å²) >= 11 is 5.73. The third-order valence-corrected chi connectivity index (χ3v) is 3.17. The lowest BCUT2D eigenvalue weighted by Crippen LogP contribution is -2.10. The van der Waals surface area contributed by atoms with E-state index >= 15 is 0 Å². The largest absolute Gasteiger partial charge is 0.464 e. The molecule has 0 aliphatic heterocycles. The molecule has 0 bridgehead atoms. The number of alkyl halides is 3. The smallest absolute Gasteiger partial charge is 0.416 e. The second-order valence-electron chi connectivity index (χ2n) is 4.33. The van der Waals surface area contributed by atoms with Crippen molar-refractivity contribution >= 4 is 17.6 Å². The summed E-state index contributed by atoms with van der Waals surface area (Å²) in [5, 5.41) is -0.450. The van der Waals surface area contributed by atoms with Crippen LogP contribution in [0.25, 0.3) is 11.3 Å². The van der Waals surface area contributed by atoms with Crippen LogP contribution < -0.4 is 0 Å². The first-order valence-corrected chi connectivity index (χ1v) is 6.34. The van der Waals surface area contributed by atoms with E-state index < -0.39 is 45.8 Å². The van der Waals surface area contributed by atoms with Crippen LogP contribution >= 0.6 is 11.6 Å². The Morgan fingerprint density at radius 1 is 1.17 bits per heavy atom. The molecule has 0 saturated heterocycles. The molecule has 0 aliphatic carbocycles. The van der Waals surface area contributed by atoms with Gasteiger partial charge in [-0.1, -0.05) is 17.7 Å². The van der Waals surface area contributed by atoms with Crippen molar-refractivity contribution in [2.45, 2.75) is 6.18 Å². The molecule has 23 heavy (non-hydrogen) atoms. The predicted molar refractivity (Wildman–Crippen MR) is 70.9 cm³/mol. The van der Waals surface area contributed by atoms with Gasteiger partial charge in [-0.05, 0) is 12.1 Å². The Morgan fingerprint density at radius 3 is 2.35 bits per heavy atom. The van der Waals surface area contributed by atoms with Crippen LogP contribution in [0.2, 0.25) is 5.02 Å². The standard InChI is InChI=1S/C14H7ClF5NO2/c1-23-13(22)12-10(17)5-9(16)11(21-12)7-3-2-6(4-8(7)15)14(18,19)20/h2-5H,1H3. The highest BCUT2D eigenvalue weighted by molar-refractivity contribution is 6.33. The first-order chi connectivity index (χ1) is 10.6. The molecule has 0 N–H and O–H groups in total. The number of methoxy groups -OCH3 is 1. The molecular weight excluding hydrogens is 345 g/mol. The molecule has 1 heterocycles. The number of nitrogens with zero attached hydrogens (tertiary/aromatic N) is 1. The van der Waals surface area contributed by atoms with Crippen LogP contribution in [0.3, 0.4) is 0 Å². The van der Waals surface area contributed by atoms with E-state index in [1.54, 1.807) is 0 Å². The SMILES string of the molecule is COC(=O)c1nc(-c2ccc(C(F)(F)F)cc2Cl)c(F)cc1F. The van der Waals surface area contributed by atoms with E-state index in [-0.39, 0.29) is 5.56 Å². The highest BCUT2D eigenvalue weighted by Crippen LogP contribution is 2.36. The number of ether oxygens (including phenoxy) is 1. The normalized spacial score (nSPS) is 11.4. The Morgan fingerprint density at radius 2 is 1.83 bits per heavy atom. The van der Waals surface area contributed by atoms with Gasteiger partial charge in [-0.2, -0.15) is 13.2 Å². The van der Waals surface area contributed by atoms with Crippen molar-refractivity contribution in [3.8, 4) is 11.3 Å². The minimum atomic E-state index is -4.63. The van der Waals surface area contributed by atoms with Crippen molar-refractivity contribution in [3.05, 3.63) is 52.2 Å². The molecule has 2 rings (SSSR count). The summed E-state index contributed by atoms with van der Waals surface area (Å²) in [4.78, 5) is 14.8. The van der Waals surface area contributed by atoms with Gasteiger partial charge in [0.2, 0.25) is 0 Å². The zero-order valence-corrected chi connectivity index (χ0v) is 12.1. The van der Waals surface area contributed by atoms with E-state index in [0.717, 1.165) is 13.2 Å². The molecule has 2 aromatic rings. The van der Waals surface area contributed by atoms with Gasteiger partial charge in [-0.25, -0.2) is 18.6 Å². The Balaban J connectivity index is 2.61. The Kier molecular flexibility index (Phi) is 4.56. The molecule has 1 aromatic carbocycles. The summed E-state index contributed by atoms with van der Waals surface area (Å²) in [7, 11) is 0.970. The van der Waals surface area contributed by atoms with Crippen molar-refractivity contribution in [2.24, 2.45) is 0 Å². The van der Waals surface area contributed by atoms with E-state index in [1.807, 2.05) is 0 Å². The highest BCUT2D eigenvalue weighted by Gasteiger charge is 2.31. The molecule has 3 nitrogen and oxygen atoms in total. The second-order valence-corrected chi connectivity index (χ2v) is 4.74. The number of carbonyl (C=O) groups excluding carboxylic acids is 1. The van der Waals surface area contributed by atoms with Gasteiger partial charge in [0.25, 0.3) is 0 Å². The average Bonchev–Trinajstić information content (AvgIpc) is 2.46. The number of hydrogen-bond acceptors (Lipinski definition) is 3. The van der Waals surface area contributed by atoms with Gasteiger partial charge in [-0.3, -0.25) is 0 Å². The van der Waals surface area contributed by atoms with Gasteiger partial charge in [0.05, 0.1) is 17.7 Å². The predicted octanol–water partition coefficient (Wildman–Crippen LogP) is 4.49. The van der Waals surface area contributed by atoms with Crippen molar-refractivity contribution in [3.63, 3.8) is 0 Å². The van der Waals surface area contributed by atoms with Gasteiger partial charge in [-0.15, -0.1) is 0 Å². The molecule has 0 atom stereocenters. The summed E-state index contributed by atoms with van der Waals surface area (Å²) in [5.74, 6) is -3.61. The minimum absolute atomic E-state index is 0.220. The van der Waals surface area contributed by atoms with E-state index in [2.05, 4.69) is 9.72 Å². The first-order valence-electron chi connectivity index (χ1n) is 5.96. The van der Waals surface area contributed by atoms with Crippen molar-refractivity contribution in [1.82, 2.24) is 4.98 Å². The van der Waals surface area contributed by atoms with Crippen molar-refractivity contribution in [1.29, 1.82) is 0 Å². The fourth-order valence-electron chi connectivity index (χ4n) is 1.78. The quantitative estimate of drug-likeness (QED) is 0.591. The zero-order valence-electron chi connectivity index (χ0n) is 11.3. The van der Waals surface area contributed by atoms with E-state index in [0.29, 0.717) is 18.2 Å². The fraction of sp³-hybridized carbons (Fsp3) is 0.143. The van der Waals surface area contributed by atoms with E-state index in [1.165, 1.54) is 0 Å². The molecule has 0 aliphatic rings. The van der Waals surface area contributed by atoms with E-state index in [4.69, 9.17) is 11.6 Å². The van der Waals surface area contributed by atoms with Crippen LogP contribution in [-0.2, 0) is 10.9 Å². The van der Waals surface area contributed by atoms with Crippen molar-refractivity contribution < 1.29 is 31.5 Å². The first kappa shape index (κ1) is 17.1. The summed E-state index contributed by atoms with van der Waals surface area (Å²) in [6, 6.07) is 2.51. The summed E-state index contributed by atoms with van der Waals surface area (Å²) in [5.41, 5.74) is -2.63. The lowest BCUT2D eigenvalue weighted by molar-refractivity contribution is -0.137. The Hall–Kier alpha value is -2.22. The molecular formula is C14H7ClF5NO2. The van der Waals surface area contributed by atoms with Gasteiger partial charge in [0.15, 0.2) is 17.3 Å². The van der Waals surface area contributed by atoms with Crippen molar-refractivity contribution in [2.75, 3.05) is 7.11 Å². The lowest BCUT2D eigenvalue weighted by atomic mass is 10.1. The van der Waals surface area contributed by atoms with Crippen LogP contribution in [0, 0.1) is 11.6 Å². The maximum Gasteiger partial charge on any atom is 0.416 e. The number of halogens is 6. The Bertz CT molecular complexity index is 776. The molecule has 122 valence electrons. The van der Waals surface area contributed by atoms with Gasteiger partial charge >= 0.3 is 12.1 Å². The molecule has 0 spiro atoms. The Labute approximate surface area is 131 Å². The summed E-state index contributed by atoms with van der Waals surface area (Å²) < 4.78 is 69.5. The zero-order chi connectivity index (χ0) is 17.4. The fourth-order valence-corrected chi connectivity index (χ4v) is 2.05. The van der Waals surface area contributed by atoms with Crippen LogP contribution in [-0.4, -0.2) is 18.1 Å². The summed E-state index contributed by atoms with van der Waals surface area (Å²) in [6.07, 6.45) is -4.63. The number of carbonyl (C=O) groups is 1. The molecule has 9 heteroatoms. The monoisotopic (exact) mass is 351 g/mol. The van der Waals surface area contributed by atoms with Gasteiger partial charge in [0, 0.05) is 11.6 Å². The van der Waals surface area contributed by atoms with Crippen LogP contribution in [0.15, 0.2) is 24.3 Å². The molecule has 0 radical (unpaired) electrons. The van der Waals surface area contributed by atoms with Gasteiger partial charge < -0.3 is 4.74 Å². The number of hydrogen-bond donors (Lipinski definition) is 0. The molecule has 1 aromatic heterocycles. The lowest BCUT2D eigenvalue weighted by Gasteiger charge is -2.11. The minimum Gasteiger partial charge on any atom is -0.464 e. The number of pyridine rings is 1. The van der Waals surface area contributed by atoms with Crippen LogP contribution in [0.4, 0.5) is 22.0 Å². The molecule has 0 unspecified atom stereocenters. The van der Waals surface area contributed by atoms with Crippen LogP contribution in [0.1, 0.15) is 16.1 Å². The number of aromatic nitrogens is 1. The molecule has 0 fully saturated rings. The third-order valence-electron chi connectivity index (χ3n) is 2.86. The topological polar surface area (TPSA) is 39.2 Å². The third kappa shape index (κ3) is 3.42. The second kappa shape index (κ2) is 6.11. The molecule has 0 saturated carbocycles. The molecule has 0 amide bonds.